The third kappa shape index (κ3) is 6.89. The monoisotopic (exact) mass is 452 g/mol. The molecule has 3 rings (SSSR count). The quantitative estimate of drug-likeness (QED) is 0.771. The van der Waals surface area contributed by atoms with E-state index in [1.54, 1.807) is 11.3 Å². The molecule has 0 bridgehead atoms. The van der Waals surface area contributed by atoms with Crippen LogP contribution < -0.4 is 5.73 Å². The molecule has 1 fully saturated rings. The number of carbonyl (C=O) groups excluding carboxylic acids is 1. The lowest BCUT2D eigenvalue weighted by Gasteiger charge is -2.35. The fourth-order valence-electron chi connectivity index (χ4n) is 2.94. The summed E-state index contributed by atoms with van der Waals surface area (Å²) in [6.45, 7) is 8.19. The molecule has 0 saturated carbocycles. The molecule has 1 aromatic heterocycles. The maximum Gasteiger partial charge on any atom is 0.244 e. The molecule has 1 saturated heterocycles. The summed E-state index contributed by atoms with van der Waals surface area (Å²) in [5.74, 6) is 0.0205. The van der Waals surface area contributed by atoms with Crippen LogP contribution in [0.3, 0.4) is 0 Å². The molecular weight excluding hydrogens is 427 g/mol. The van der Waals surface area contributed by atoms with E-state index in [1.165, 1.54) is 10.4 Å². The van der Waals surface area contributed by atoms with Crippen LogP contribution in [0.4, 0.5) is 0 Å². The SMILES string of the molecule is Cc1ccc(C(N)C(=O)N2CCN(Cc3cnc(C)s3)CC2)cc1.Cl.Cl.Cl. The Labute approximate surface area is 183 Å². The van der Waals surface area contributed by atoms with Gasteiger partial charge in [-0.25, -0.2) is 4.98 Å². The predicted octanol–water partition coefficient (Wildman–Crippen LogP) is 3.37. The normalized spacial score (nSPS) is 15.1. The Morgan fingerprint density at radius 1 is 1.11 bits per heavy atom. The van der Waals surface area contributed by atoms with Crippen molar-refractivity contribution in [2.75, 3.05) is 26.2 Å². The van der Waals surface area contributed by atoms with Crippen LogP contribution in [0, 0.1) is 13.8 Å². The van der Waals surface area contributed by atoms with Gasteiger partial charge >= 0.3 is 0 Å². The largest absolute Gasteiger partial charge is 0.338 e. The van der Waals surface area contributed by atoms with Crippen molar-refractivity contribution in [1.29, 1.82) is 0 Å². The van der Waals surface area contributed by atoms with Crippen molar-refractivity contribution in [3.05, 3.63) is 51.5 Å². The summed E-state index contributed by atoms with van der Waals surface area (Å²) in [5.41, 5.74) is 8.22. The lowest BCUT2D eigenvalue weighted by molar-refractivity contribution is -0.134. The lowest BCUT2D eigenvalue weighted by atomic mass is 10.0. The van der Waals surface area contributed by atoms with Gasteiger partial charge in [-0.1, -0.05) is 29.8 Å². The van der Waals surface area contributed by atoms with E-state index in [2.05, 4.69) is 9.88 Å². The van der Waals surface area contributed by atoms with Gasteiger partial charge in [0, 0.05) is 43.8 Å². The molecule has 1 unspecified atom stereocenters. The minimum atomic E-state index is -0.568. The van der Waals surface area contributed by atoms with Crippen molar-refractivity contribution in [3.63, 3.8) is 0 Å². The standard InChI is InChI=1S/C18H24N4OS.3ClH/c1-13-3-5-15(6-4-13)17(19)18(23)22-9-7-21(8-10-22)12-16-11-20-14(2)24-16;;;/h3-6,11,17H,7-10,12,19H2,1-2H3;3*1H. The molecule has 0 spiro atoms. The van der Waals surface area contributed by atoms with Gasteiger partial charge in [0.2, 0.25) is 5.91 Å². The fourth-order valence-corrected chi connectivity index (χ4v) is 3.78. The second-order valence-electron chi connectivity index (χ2n) is 6.34. The number of piperazine rings is 1. The van der Waals surface area contributed by atoms with Crippen molar-refractivity contribution < 1.29 is 4.79 Å². The van der Waals surface area contributed by atoms with E-state index >= 15 is 0 Å². The third-order valence-electron chi connectivity index (χ3n) is 4.44. The topological polar surface area (TPSA) is 62.5 Å². The molecule has 9 heteroatoms. The first-order chi connectivity index (χ1) is 11.5. The third-order valence-corrected chi connectivity index (χ3v) is 5.33. The van der Waals surface area contributed by atoms with E-state index in [-0.39, 0.29) is 43.1 Å². The van der Waals surface area contributed by atoms with Gasteiger partial charge in [0.25, 0.3) is 0 Å². The number of aromatic nitrogens is 1. The van der Waals surface area contributed by atoms with Crippen LogP contribution in [-0.2, 0) is 11.3 Å². The van der Waals surface area contributed by atoms with E-state index in [9.17, 15) is 4.79 Å². The Bertz CT molecular complexity index is 703. The second kappa shape index (κ2) is 11.8. The number of amides is 1. The number of hydrogen-bond donors (Lipinski definition) is 1. The van der Waals surface area contributed by atoms with Gasteiger partial charge in [0.05, 0.1) is 5.01 Å². The Morgan fingerprint density at radius 3 is 2.22 bits per heavy atom. The molecule has 1 amide bonds. The van der Waals surface area contributed by atoms with Gasteiger partial charge in [-0.2, -0.15) is 0 Å². The summed E-state index contributed by atoms with van der Waals surface area (Å²) < 4.78 is 0. The van der Waals surface area contributed by atoms with E-state index in [0.717, 1.165) is 43.3 Å². The molecule has 1 aliphatic heterocycles. The number of nitrogens with zero attached hydrogens (tertiary/aromatic N) is 3. The van der Waals surface area contributed by atoms with Gasteiger partial charge in [0.15, 0.2) is 0 Å². The van der Waals surface area contributed by atoms with Gasteiger partial charge in [-0.3, -0.25) is 9.69 Å². The highest BCUT2D eigenvalue weighted by Gasteiger charge is 2.26. The minimum Gasteiger partial charge on any atom is -0.338 e. The minimum absolute atomic E-state index is 0. The second-order valence-corrected chi connectivity index (χ2v) is 7.65. The van der Waals surface area contributed by atoms with Crippen molar-refractivity contribution in [3.8, 4) is 0 Å². The number of aryl methyl sites for hydroxylation is 2. The van der Waals surface area contributed by atoms with Crippen LogP contribution in [0.1, 0.15) is 27.1 Å². The molecule has 2 heterocycles. The zero-order valence-corrected chi connectivity index (χ0v) is 18.7. The Morgan fingerprint density at radius 2 is 1.70 bits per heavy atom. The average molecular weight is 454 g/mol. The Hall–Kier alpha value is -0.890. The highest BCUT2D eigenvalue weighted by Crippen LogP contribution is 2.18. The number of rotatable bonds is 4. The zero-order chi connectivity index (χ0) is 17.1. The van der Waals surface area contributed by atoms with Crippen LogP contribution >= 0.6 is 48.6 Å². The molecule has 152 valence electrons. The fraction of sp³-hybridized carbons (Fsp3) is 0.444. The average Bonchev–Trinajstić information content (AvgIpc) is 3.00. The number of carbonyl (C=O) groups is 1. The molecule has 0 aliphatic carbocycles. The number of nitrogens with two attached hydrogens (primary N) is 1. The summed E-state index contributed by atoms with van der Waals surface area (Å²) >= 11 is 1.74. The van der Waals surface area contributed by atoms with Crippen LogP contribution in [0.25, 0.3) is 0 Å². The first kappa shape index (κ1) is 26.1. The smallest absolute Gasteiger partial charge is 0.244 e. The summed E-state index contributed by atoms with van der Waals surface area (Å²) in [6, 6.07) is 7.32. The van der Waals surface area contributed by atoms with Gasteiger partial charge in [-0.05, 0) is 19.4 Å². The number of benzene rings is 1. The summed E-state index contributed by atoms with van der Waals surface area (Å²) in [4.78, 5) is 22.5. The molecule has 2 aromatic rings. The number of thiazole rings is 1. The molecule has 1 atom stereocenters. The summed E-state index contributed by atoms with van der Waals surface area (Å²) in [6.07, 6.45) is 1.95. The number of halogens is 3. The van der Waals surface area contributed by atoms with E-state index < -0.39 is 6.04 Å². The molecule has 27 heavy (non-hydrogen) atoms. The molecule has 1 aliphatic rings. The van der Waals surface area contributed by atoms with E-state index in [1.807, 2.05) is 49.2 Å². The van der Waals surface area contributed by atoms with Crippen LogP contribution in [0.2, 0.25) is 0 Å². The van der Waals surface area contributed by atoms with Crippen LogP contribution in [0.5, 0.6) is 0 Å². The highest BCUT2D eigenvalue weighted by molar-refractivity contribution is 7.11. The predicted molar refractivity (Wildman–Crippen MR) is 119 cm³/mol. The van der Waals surface area contributed by atoms with Crippen LogP contribution in [-0.4, -0.2) is 46.9 Å². The maximum absolute atomic E-state index is 12.6. The van der Waals surface area contributed by atoms with Crippen molar-refractivity contribution >= 4 is 54.5 Å². The molecule has 2 N–H and O–H groups in total. The summed E-state index contributed by atoms with van der Waals surface area (Å²) in [5, 5.41) is 1.10. The molecule has 5 nitrogen and oxygen atoms in total. The van der Waals surface area contributed by atoms with Crippen molar-refractivity contribution in [2.45, 2.75) is 26.4 Å². The van der Waals surface area contributed by atoms with Crippen molar-refractivity contribution in [2.24, 2.45) is 5.73 Å². The first-order valence-corrected chi connectivity index (χ1v) is 9.09. The molecule has 1 aromatic carbocycles. The Kier molecular flexibility index (Phi) is 11.5. The van der Waals surface area contributed by atoms with E-state index in [0.29, 0.717) is 0 Å². The first-order valence-electron chi connectivity index (χ1n) is 8.27. The van der Waals surface area contributed by atoms with Gasteiger partial charge in [-0.15, -0.1) is 48.6 Å². The van der Waals surface area contributed by atoms with Gasteiger partial charge in [0.1, 0.15) is 6.04 Å². The Balaban J connectivity index is 0.00000225. The molecular formula is C18H27Cl3N4OS. The maximum atomic E-state index is 12.6. The van der Waals surface area contributed by atoms with Gasteiger partial charge < -0.3 is 10.6 Å². The zero-order valence-electron chi connectivity index (χ0n) is 15.5. The van der Waals surface area contributed by atoms with Crippen LogP contribution in [0.15, 0.2) is 30.5 Å². The molecule has 0 radical (unpaired) electrons. The summed E-state index contributed by atoms with van der Waals surface area (Å²) in [7, 11) is 0. The highest BCUT2D eigenvalue weighted by atomic mass is 35.5. The van der Waals surface area contributed by atoms with E-state index in [4.69, 9.17) is 5.73 Å². The lowest BCUT2D eigenvalue weighted by Crippen LogP contribution is -2.50. The van der Waals surface area contributed by atoms with Crippen molar-refractivity contribution in [1.82, 2.24) is 14.8 Å². The number of hydrogen-bond acceptors (Lipinski definition) is 5.